The molecule has 0 saturated heterocycles. The Labute approximate surface area is 87.4 Å². The molecule has 2 aromatic rings. The van der Waals surface area contributed by atoms with Crippen molar-refractivity contribution in [2.45, 2.75) is 6.04 Å². The van der Waals surface area contributed by atoms with E-state index in [0.717, 1.165) is 11.4 Å². The summed E-state index contributed by atoms with van der Waals surface area (Å²) in [6.45, 7) is 0. The van der Waals surface area contributed by atoms with Crippen LogP contribution in [0.5, 0.6) is 0 Å². The molecule has 1 aromatic carbocycles. The van der Waals surface area contributed by atoms with Gasteiger partial charge in [-0.2, -0.15) is 0 Å². The minimum absolute atomic E-state index is 0.101. The summed E-state index contributed by atoms with van der Waals surface area (Å²) in [6, 6.07) is 6.39. The van der Waals surface area contributed by atoms with Gasteiger partial charge in [0.15, 0.2) is 0 Å². The standard InChI is InChI=1S/C11H12FN3/c1-13-10(11-14-5-6-15-11)8-3-2-4-9(12)7-8/h2-7,10,13H,1H3,(H,14,15). The number of aromatic amines is 1. The predicted octanol–water partition coefficient (Wildman–Crippen LogP) is 1.86. The fraction of sp³-hybridized carbons (Fsp3) is 0.182. The lowest BCUT2D eigenvalue weighted by molar-refractivity contribution is 0.610. The minimum atomic E-state index is -0.237. The molecule has 0 aliphatic rings. The van der Waals surface area contributed by atoms with Gasteiger partial charge in [0.05, 0.1) is 6.04 Å². The number of H-pyrrole nitrogens is 1. The van der Waals surface area contributed by atoms with E-state index < -0.39 is 0 Å². The molecule has 78 valence electrons. The zero-order chi connectivity index (χ0) is 10.7. The van der Waals surface area contributed by atoms with Gasteiger partial charge in [0.2, 0.25) is 0 Å². The molecule has 15 heavy (non-hydrogen) atoms. The number of nitrogens with zero attached hydrogens (tertiary/aromatic N) is 1. The summed E-state index contributed by atoms with van der Waals surface area (Å²) in [4.78, 5) is 7.16. The van der Waals surface area contributed by atoms with Gasteiger partial charge in [-0.15, -0.1) is 0 Å². The van der Waals surface area contributed by atoms with Crippen molar-refractivity contribution in [2.24, 2.45) is 0 Å². The lowest BCUT2D eigenvalue weighted by Gasteiger charge is -2.13. The van der Waals surface area contributed by atoms with Gasteiger partial charge < -0.3 is 10.3 Å². The first-order valence-electron chi connectivity index (χ1n) is 4.73. The van der Waals surface area contributed by atoms with Gasteiger partial charge in [-0.1, -0.05) is 12.1 Å². The highest BCUT2D eigenvalue weighted by molar-refractivity contribution is 5.25. The Hall–Kier alpha value is -1.68. The molecule has 1 aromatic heterocycles. The molecular formula is C11H12FN3. The molecule has 1 unspecified atom stereocenters. The van der Waals surface area contributed by atoms with Crippen LogP contribution in [0.25, 0.3) is 0 Å². The Balaban J connectivity index is 2.35. The van der Waals surface area contributed by atoms with Crippen molar-refractivity contribution in [1.29, 1.82) is 0 Å². The van der Waals surface area contributed by atoms with Crippen molar-refractivity contribution in [3.05, 3.63) is 53.9 Å². The fourth-order valence-corrected chi connectivity index (χ4v) is 1.58. The highest BCUT2D eigenvalue weighted by Crippen LogP contribution is 2.18. The largest absolute Gasteiger partial charge is 0.347 e. The number of benzene rings is 1. The first-order chi connectivity index (χ1) is 7.31. The van der Waals surface area contributed by atoms with Gasteiger partial charge in [0.1, 0.15) is 11.6 Å². The molecule has 0 saturated carbocycles. The summed E-state index contributed by atoms with van der Waals surface area (Å²) >= 11 is 0. The normalized spacial score (nSPS) is 12.7. The Morgan fingerprint density at radius 3 is 2.93 bits per heavy atom. The van der Waals surface area contributed by atoms with E-state index >= 15 is 0 Å². The smallest absolute Gasteiger partial charge is 0.127 e. The SMILES string of the molecule is CNC(c1cccc(F)c1)c1ncc[nH]1. The number of hydrogen-bond acceptors (Lipinski definition) is 2. The van der Waals surface area contributed by atoms with Crippen LogP contribution in [0, 0.1) is 5.82 Å². The third-order valence-corrected chi connectivity index (χ3v) is 2.26. The average Bonchev–Trinajstić information content (AvgIpc) is 2.72. The Morgan fingerprint density at radius 1 is 1.47 bits per heavy atom. The Morgan fingerprint density at radius 2 is 2.33 bits per heavy atom. The summed E-state index contributed by atoms with van der Waals surface area (Å²) < 4.78 is 13.0. The monoisotopic (exact) mass is 205 g/mol. The van der Waals surface area contributed by atoms with E-state index in [2.05, 4.69) is 15.3 Å². The first-order valence-corrected chi connectivity index (χ1v) is 4.73. The zero-order valence-corrected chi connectivity index (χ0v) is 8.37. The van der Waals surface area contributed by atoms with E-state index in [-0.39, 0.29) is 11.9 Å². The molecule has 0 aliphatic carbocycles. The maximum Gasteiger partial charge on any atom is 0.127 e. The molecule has 0 bridgehead atoms. The van der Waals surface area contributed by atoms with Crippen molar-refractivity contribution < 1.29 is 4.39 Å². The molecule has 0 spiro atoms. The third-order valence-electron chi connectivity index (χ3n) is 2.26. The summed E-state index contributed by atoms with van der Waals surface area (Å²) in [5, 5.41) is 3.09. The quantitative estimate of drug-likeness (QED) is 0.803. The molecular weight excluding hydrogens is 193 g/mol. The van der Waals surface area contributed by atoms with E-state index in [0.29, 0.717) is 0 Å². The molecule has 2 N–H and O–H groups in total. The van der Waals surface area contributed by atoms with Crippen LogP contribution in [0.2, 0.25) is 0 Å². The van der Waals surface area contributed by atoms with Crippen LogP contribution in [0.4, 0.5) is 4.39 Å². The van der Waals surface area contributed by atoms with E-state index in [1.165, 1.54) is 12.1 Å². The van der Waals surface area contributed by atoms with Crippen molar-refractivity contribution in [1.82, 2.24) is 15.3 Å². The molecule has 1 atom stereocenters. The maximum absolute atomic E-state index is 13.0. The number of imidazole rings is 1. The predicted molar refractivity (Wildman–Crippen MR) is 55.9 cm³/mol. The van der Waals surface area contributed by atoms with Gasteiger partial charge in [-0.05, 0) is 24.7 Å². The van der Waals surface area contributed by atoms with Crippen LogP contribution >= 0.6 is 0 Å². The maximum atomic E-state index is 13.0. The molecule has 3 nitrogen and oxygen atoms in total. The topological polar surface area (TPSA) is 40.7 Å². The van der Waals surface area contributed by atoms with Crippen LogP contribution < -0.4 is 5.32 Å². The first kappa shape index (κ1) is 9.86. The second kappa shape index (κ2) is 4.23. The van der Waals surface area contributed by atoms with Gasteiger partial charge in [0.25, 0.3) is 0 Å². The van der Waals surface area contributed by atoms with Gasteiger partial charge in [-0.25, -0.2) is 9.37 Å². The molecule has 1 heterocycles. The number of aromatic nitrogens is 2. The van der Waals surface area contributed by atoms with Gasteiger partial charge >= 0.3 is 0 Å². The van der Waals surface area contributed by atoms with Gasteiger partial charge in [0, 0.05) is 12.4 Å². The highest BCUT2D eigenvalue weighted by atomic mass is 19.1. The van der Waals surface area contributed by atoms with Crippen molar-refractivity contribution >= 4 is 0 Å². The summed E-state index contributed by atoms with van der Waals surface area (Å²) in [6.07, 6.45) is 3.43. The Bertz CT molecular complexity index is 425. The molecule has 0 aliphatic heterocycles. The molecule has 0 amide bonds. The molecule has 4 heteroatoms. The summed E-state index contributed by atoms with van der Waals surface area (Å²) in [5.41, 5.74) is 0.854. The highest BCUT2D eigenvalue weighted by Gasteiger charge is 2.14. The number of rotatable bonds is 3. The Kier molecular flexibility index (Phi) is 2.78. The van der Waals surface area contributed by atoms with Gasteiger partial charge in [-0.3, -0.25) is 0 Å². The number of hydrogen-bond donors (Lipinski definition) is 2. The summed E-state index contributed by atoms with van der Waals surface area (Å²) in [5.74, 6) is 0.544. The average molecular weight is 205 g/mol. The molecule has 0 fully saturated rings. The van der Waals surface area contributed by atoms with Crippen LogP contribution in [-0.4, -0.2) is 17.0 Å². The third kappa shape index (κ3) is 2.05. The second-order valence-corrected chi connectivity index (χ2v) is 3.25. The fourth-order valence-electron chi connectivity index (χ4n) is 1.58. The lowest BCUT2D eigenvalue weighted by Crippen LogP contribution is -2.19. The van der Waals surface area contributed by atoms with Crippen LogP contribution in [0.3, 0.4) is 0 Å². The van der Waals surface area contributed by atoms with Crippen LogP contribution in [0.1, 0.15) is 17.4 Å². The van der Waals surface area contributed by atoms with Crippen LogP contribution in [0.15, 0.2) is 36.7 Å². The zero-order valence-electron chi connectivity index (χ0n) is 8.37. The summed E-state index contributed by atoms with van der Waals surface area (Å²) in [7, 11) is 1.82. The molecule has 2 rings (SSSR count). The molecule has 0 radical (unpaired) electrons. The van der Waals surface area contributed by atoms with E-state index in [9.17, 15) is 4.39 Å². The van der Waals surface area contributed by atoms with E-state index in [1.807, 2.05) is 13.1 Å². The second-order valence-electron chi connectivity index (χ2n) is 3.25. The number of halogens is 1. The van der Waals surface area contributed by atoms with E-state index in [1.54, 1.807) is 18.5 Å². The number of nitrogens with one attached hydrogen (secondary N) is 2. The van der Waals surface area contributed by atoms with Crippen molar-refractivity contribution in [3.63, 3.8) is 0 Å². The van der Waals surface area contributed by atoms with Crippen molar-refractivity contribution in [3.8, 4) is 0 Å². The van der Waals surface area contributed by atoms with Crippen LogP contribution in [-0.2, 0) is 0 Å². The minimum Gasteiger partial charge on any atom is -0.347 e. The lowest BCUT2D eigenvalue weighted by atomic mass is 10.1. The van der Waals surface area contributed by atoms with Crippen molar-refractivity contribution in [2.75, 3.05) is 7.05 Å². The van der Waals surface area contributed by atoms with E-state index in [4.69, 9.17) is 0 Å².